The van der Waals surface area contributed by atoms with Gasteiger partial charge in [0.2, 0.25) is 0 Å². The predicted molar refractivity (Wildman–Crippen MR) is 76.3 cm³/mol. The van der Waals surface area contributed by atoms with E-state index in [-0.39, 0.29) is 17.4 Å². The molecule has 0 saturated heterocycles. The molecule has 0 fully saturated rings. The number of anilines is 1. The van der Waals surface area contributed by atoms with Gasteiger partial charge >= 0.3 is 0 Å². The lowest BCUT2D eigenvalue weighted by Crippen LogP contribution is -2.27. The lowest BCUT2D eigenvalue weighted by Gasteiger charge is -2.16. The molecule has 7 heteroatoms. The zero-order chi connectivity index (χ0) is 14.0. The maximum atomic E-state index is 12.2. The Kier molecular flexibility index (Phi) is 4.01. The van der Waals surface area contributed by atoms with Gasteiger partial charge in [0, 0.05) is 12.4 Å². The van der Waals surface area contributed by atoms with E-state index in [1.807, 2.05) is 12.3 Å². The molecule has 0 unspecified atom stereocenters. The molecule has 0 aliphatic carbocycles. The van der Waals surface area contributed by atoms with E-state index in [0.717, 1.165) is 10.7 Å². The number of aromatic nitrogens is 2. The molecule has 0 aliphatic heterocycles. The Morgan fingerprint density at radius 1 is 1.47 bits per heavy atom. The molecule has 0 radical (unpaired) electrons. The molecule has 2 rings (SSSR count). The number of thiazole rings is 1. The number of pyridine rings is 1. The fourth-order valence-electron chi connectivity index (χ4n) is 1.58. The van der Waals surface area contributed by atoms with Crippen molar-refractivity contribution in [3.63, 3.8) is 0 Å². The molecule has 0 saturated carbocycles. The third-order valence-corrected chi connectivity index (χ3v) is 3.61. The van der Waals surface area contributed by atoms with Crippen LogP contribution < -0.4 is 5.73 Å². The highest BCUT2D eigenvalue weighted by Gasteiger charge is 2.18. The summed E-state index contributed by atoms with van der Waals surface area (Å²) in [5.41, 5.74) is 6.58. The second-order valence-corrected chi connectivity index (χ2v) is 5.56. The van der Waals surface area contributed by atoms with Crippen LogP contribution in [0.3, 0.4) is 0 Å². The largest absolute Gasteiger partial charge is 0.384 e. The number of hydrogen-bond donors (Lipinski definition) is 1. The Morgan fingerprint density at radius 3 is 2.84 bits per heavy atom. The van der Waals surface area contributed by atoms with Crippen molar-refractivity contribution in [1.29, 1.82) is 0 Å². The number of nitrogens with zero attached hydrogens (tertiary/aromatic N) is 3. The van der Waals surface area contributed by atoms with Crippen LogP contribution in [-0.2, 0) is 6.54 Å². The van der Waals surface area contributed by atoms with Crippen molar-refractivity contribution in [2.24, 2.45) is 0 Å². The highest BCUT2D eigenvalue weighted by molar-refractivity contribution is 7.09. The number of amides is 1. The summed E-state index contributed by atoms with van der Waals surface area (Å²) in [6, 6.07) is 3.13. The van der Waals surface area contributed by atoms with Crippen molar-refractivity contribution in [3.8, 4) is 0 Å². The van der Waals surface area contributed by atoms with Crippen molar-refractivity contribution >= 4 is 34.7 Å². The first-order valence-electron chi connectivity index (χ1n) is 5.56. The first-order valence-corrected chi connectivity index (χ1v) is 6.81. The molecule has 2 aromatic heterocycles. The van der Waals surface area contributed by atoms with Crippen molar-refractivity contribution < 1.29 is 4.79 Å². The van der Waals surface area contributed by atoms with E-state index in [1.165, 1.54) is 4.90 Å². The zero-order valence-corrected chi connectivity index (χ0v) is 12.1. The van der Waals surface area contributed by atoms with Gasteiger partial charge in [0.1, 0.15) is 11.5 Å². The van der Waals surface area contributed by atoms with E-state index < -0.39 is 0 Å². The van der Waals surface area contributed by atoms with Crippen LogP contribution >= 0.6 is 22.9 Å². The molecule has 0 bridgehead atoms. The van der Waals surface area contributed by atoms with Crippen LogP contribution in [-0.4, -0.2) is 27.8 Å². The van der Waals surface area contributed by atoms with E-state index in [0.29, 0.717) is 11.6 Å². The number of halogens is 1. The fourth-order valence-corrected chi connectivity index (χ4v) is 2.37. The number of nitrogens with two attached hydrogens (primary N) is 1. The van der Waals surface area contributed by atoms with Gasteiger partial charge in [-0.1, -0.05) is 11.6 Å². The Hall–Kier alpha value is -1.66. The first-order chi connectivity index (χ1) is 8.97. The van der Waals surface area contributed by atoms with Gasteiger partial charge in [0.25, 0.3) is 5.91 Å². The van der Waals surface area contributed by atoms with Crippen LogP contribution in [0.2, 0.25) is 5.02 Å². The molecule has 5 nitrogen and oxygen atoms in total. The van der Waals surface area contributed by atoms with Gasteiger partial charge in [0.15, 0.2) is 0 Å². The standard InChI is InChI=1S/C12H13ClN4OS/c1-7-15-8(6-19-7)5-17(2)12(18)11-9(13)3-4-10(14)16-11/h3-4,6H,5H2,1-2H3,(H2,14,16). The van der Waals surface area contributed by atoms with Crippen LogP contribution in [0.1, 0.15) is 21.2 Å². The molecule has 2 heterocycles. The van der Waals surface area contributed by atoms with E-state index >= 15 is 0 Å². The predicted octanol–water partition coefficient (Wildman–Crippen LogP) is 2.35. The smallest absolute Gasteiger partial charge is 0.274 e. The maximum Gasteiger partial charge on any atom is 0.274 e. The topological polar surface area (TPSA) is 72.1 Å². The molecule has 0 aromatic carbocycles. The summed E-state index contributed by atoms with van der Waals surface area (Å²) in [7, 11) is 1.68. The summed E-state index contributed by atoms with van der Waals surface area (Å²) in [5.74, 6) is -0.00592. The molecule has 19 heavy (non-hydrogen) atoms. The molecule has 100 valence electrons. The van der Waals surface area contributed by atoms with E-state index in [1.54, 1.807) is 30.5 Å². The van der Waals surface area contributed by atoms with Crippen molar-refractivity contribution in [2.45, 2.75) is 13.5 Å². The lowest BCUT2D eigenvalue weighted by atomic mass is 10.3. The lowest BCUT2D eigenvalue weighted by molar-refractivity contribution is 0.0778. The fraction of sp³-hybridized carbons (Fsp3) is 0.250. The second kappa shape index (κ2) is 5.54. The van der Waals surface area contributed by atoms with E-state index in [2.05, 4.69) is 9.97 Å². The second-order valence-electron chi connectivity index (χ2n) is 4.09. The number of hydrogen-bond acceptors (Lipinski definition) is 5. The van der Waals surface area contributed by atoms with Crippen LogP contribution in [0, 0.1) is 6.92 Å². The SMILES string of the molecule is Cc1nc(CN(C)C(=O)c2nc(N)ccc2Cl)cs1. The summed E-state index contributed by atoms with van der Waals surface area (Å²) < 4.78 is 0. The minimum absolute atomic E-state index is 0.163. The highest BCUT2D eigenvalue weighted by Crippen LogP contribution is 2.18. The summed E-state index contributed by atoms with van der Waals surface area (Å²) in [4.78, 5) is 22.0. The molecular weight excluding hydrogens is 284 g/mol. The third-order valence-electron chi connectivity index (χ3n) is 2.48. The average Bonchev–Trinajstić information content (AvgIpc) is 2.77. The van der Waals surface area contributed by atoms with Crippen molar-refractivity contribution in [3.05, 3.63) is 38.9 Å². The number of aryl methyl sites for hydroxylation is 1. The van der Waals surface area contributed by atoms with Crippen molar-refractivity contribution in [1.82, 2.24) is 14.9 Å². The molecule has 1 amide bonds. The molecule has 2 aromatic rings. The first kappa shape index (κ1) is 13.8. The quantitative estimate of drug-likeness (QED) is 0.943. The Labute approximate surface area is 120 Å². The van der Waals surface area contributed by atoms with Gasteiger partial charge in [-0.2, -0.15) is 0 Å². The number of carbonyl (C=O) groups excluding carboxylic acids is 1. The summed E-state index contributed by atoms with van der Waals surface area (Å²) in [5, 5.41) is 3.18. The maximum absolute atomic E-state index is 12.2. The Bertz CT molecular complexity index is 614. The molecule has 0 aliphatic rings. The Morgan fingerprint density at radius 2 is 2.21 bits per heavy atom. The summed E-state index contributed by atoms with van der Waals surface area (Å²) in [6.07, 6.45) is 0. The average molecular weight is 297 g/mol. The molecule has 2 N–H and O–H groups in total. The van der Waals surface area contributed by atoms with Gasteiger partial charge in [-0.05, 0) is 19.1 Å². The normalized spacial score (nSPS) is 10.5. The van der Waals surface area contributed by atoms with Crippen LogP contribution in [0.25, 0.3) is 0 Å². The number of carbonyl (C=O) groups is 1. The van der Waals surface area contributed by atoms with Crippen LogP contribution in [0.5, 0.6) is 0 Å². The molecule has 0 atom stereocenters. The van der Waals surface area contributed by atoms with Gasteiger partial charge < -0.3 is 10.6 Å². The summed E-state index contributed by atoms with van der Waals surface area (Å²) >= 11 is 7.51. The minimum Gasteiger partial charge on any atom is -0.384 e. The highest BCUT2D eigenvalue weighted by atomic mass is 35.5. The van der Waals surface area contributed by atoms with Gasteiger partial charge in [-0.15, -0.1) is 11.3 Å². The number of rotatable bonds is 3. The molecular formula is C12H13ClN4OS. The Balaban J connectivity index is 2.16. The van der Waals surface area contributed by atoms with E-state index in [9.17, 15) is 4.79 Å². The third kappa shape index (κ3) is 3.21. The van der Waals surface area contributed by atoms with E-state index in [4.69, 9.17) is 17.3 Å². The van der Waals surface area contributed by atoms with Crippen LogP contribution in [0.4, 0.5) is 5.82 Å². The van der Waals surface area contributed by atoms with Gasteiger partial charge in [-0.3, -0.25) is 4.79 Å². The van der Waals surface area contributed by atoms with Crippen molar-refractivity contribution in [2.75, 3.05) is 12.8 Å². The molecule has 0 spiro atoms. The minimum atomic E-state index is -0.275. The monoisotopic (exact) mass is 296 g/mol. The van der Waals surface area contributed by atoms with Gasteiger partial charge in [0.05, 0.1) is 22.3 Å². The zero-order valence-electron chi connectivity index (χ0n) is 10.6. The van der Waals surface area contributed by atoms with Gasteiger partial charge in [-0.25, -0.2) is 9.97 Å². The summed E-state index contributed by atoms with van der Waals surface area (Å²) in [6.45, 7) is 2.34. The number of nitrogen functional groups attached to an aromatic ring is 1. The van der Waals surface area contributed by atoms with Crippen LogP contribution in [0.15, 0.2) is 17.5 Å².